The first-order valence-corrected chi connectivity index (χ1v) is 8.58. The van der Waals surface area contributed by atoms with Gasteiger partial charge in [0.25, 0.3) is 5.91 Å². The van der Waals surface area contributed by atoms with Crippen molar-refractivity contribution in [1.29, 1.82) is 0 Å². The van der Waals surface area contributed by atoms with E-state index in [0.29, 0.717) is 5.56 Å². The molecule has 1 N–H and O–H groups in total. The fraction of sp³-hybridized carbons (Fsp3) is 0.227. The quantitative estimate of drug-likeness (QED) is 0.716. The van der Waals surface area contributed by atoms with Crippen LogP contribution in [-0.4, -0.2) is 19.1 Å². The Morgan fingerprint density at radius 3 is 2.48 bits per heavy atom. The van der Waals surface area contributed by atoms with Crippen LogP contribution in [0.2, 0.25) is 0 Å². The van der Waals surface area contributed by atoms with Crippen LogP contribution in [0, 0.1) is 0 Å². The number of benzene rings is 3. The van der Waals surface area contributed by atoms with E-state index in [9.17, 15) is 4.79 Å². The molecule has 1 amide bonds. The number of hydrogen-bond acceptors (Lipinski definition) is 2. The van der Waals surface area contributed by atoms with E-state index in [0.717, 1.165) is 29.4 Å². The summed E-state index contributed by atoms with van der Waals surface area (Å²) in [4.78, 5) is 12.5. The molecule has 0 aliphatic heterocycles. The summed E-state index contributed by atoms with van der Waals surface area (Å²) in [7, 11) is 1.65. The highest BCUT2D eigenvalue weighted by molar-refractivity contribution is 5.98. The van der Waals surface area contributed by atoms with E-state index in [2.05, 4.69) is 17.4 Å². The Bertz CT molecular complexity index is 858. The molecule has 3 nitrogen and oxygen atoms in total. The number of ether oxygens (including phenoxy) is 1. The molecule has 1 unspecified atom stereocenters. The van der Waals surface area contributed by atoms with E-state index in [1.165, 1.54) is 5.56 Å². The van der Waals surface area contributed by atoms with Crippen LogP contribution in [0.5, 0.6) is 5.75 Å². The molecule has 0 fully saturated rings. The SMILES string of the molecule is COc1ccc2cc(C(=O)NC(C)CCc3ccccc3)ccc2c1. The highest BCUT2D eigenvalue weighted by Gasteiger charge is 2.10. The summed E-state index contributed by atoms with van der Waals surface area (Å²) in [6, 6.07) is 22.1. The van der Waals surface area contributed by atoms with Crippen molar-refractivity contribution in [2.45, 2.75) is 25.8 Å². The maximum atomic E-state index is 12.5. The summed E-state index contributed by atoms with van der Waals surface area (Å²) in [5, 5.41) is 5.19. The van der Waals surface area contributed by atoms with Crippen LogP contribution in [0.4, 0.5) is 0 Å². The van der Waals surface area contributed by atoms with Crippen molar-refractivity contribution < 1.29 is 9.53 Å². The molecule has 3 heteroatoms. The van der Waals surface area contributed by atoms with Gasteiger partial charge in [-0.25, -0.2) is 0 Å². The molecule has 128 valence electrons. The monoisotopic (exact) mass is 333 g/mol. The fourth-order valence-corrected chi connectivity index (χ4v) is 2.90. The molecule has 25 heavy (non-hydrogen) atoms. The lowest BCUT2D eigenvalue weighted by Crippen LogP contribution is -2.32. The predicted molar refractivity (Wildman–Crippen MR) is 102 cm³/mol. The average molecular weight is 333 g/mol. The van der Waals surface area contributed by atoms with Crippen molar-refractivity contribution >= 4 is 16.7 Å². The first-order valence-electron chi connectivity index (χ1n) is 8.58. The molecule has 0 aliphatic carbocycles. The van der Waals surface area contributed by atoms with Gasteiger partial charge in [-0.15, -0.1) is 0 Å². The minimum atomic E-state index is -0.0294. The van der Waals surface area contributed by atoms with Crippen LogP contribution in [0.3, 0.4) is 0 Å². The van der Waals surface area contributed by atoms with Crippen molar-refractivity contribution in [3.8, 4) is 5.75 Å². The van der Waals surface area contributed by atoms with Gasteiger partial charge in [-0.2, -0.15) is 0 Å². The fourth-order valence-electron chi connectivity index (χ4n) is 2.90. The number of aryl methyl sites for hydroxylation is 1. The number of hydrogen-bond donors (Lipinski definition) is 1. The first kappa shape index (κ1) is 17.0. The predicted octanol–water partition coefficient (Wildman–Crippen LogP) is 4.60. The second kappa shape index (κ2) is 7.84. The van der Waals surface area contributed by atoms with Gasteiger partial charge in [-0.3, -0.25) is 4.79 Å². The van der Waals surface area contributed by atoms with Gasteiger partial charge in [0.1, 0.15) is 5.75 Å². The third-order valence-electron chi connectivity index (χ3n) is 4.40. The van der Waals surface area contributed by atoms with Gasteiger partial charge < -0.3 is 10.1 Å². The van der Waals surface area contributed by atoms with E-state index in [4.69, 9.17) is 4.74 Å². The second-order valence-corrected chi connectivity index (χ2v) is 6.33. The summed E-state index contributed by atoms with van der Waals surface area (Å²) < 4.78 is 5.24. The molecule has 0 bridgehead atoms. The number of amides is 1. The van der Waals surface area contributed by atoms with Crippen molar-refractivity contribution in [2.75, 3.05) is 7.11 Å². The van der Waals surface area contributed by atoms with Gasteiger partial charge in [-0.1, -0.05) is 42.5 Å². The molecule has 3 aromatic carbocycles. The minimum Gasteiger partial charge on any atom is -0.497 e. The van der Waals surface area contributed by atoms with E-state index >= 15 is 0 Å². The molecule has 0 saturated carbocycles. The van der Waals surface area contributed by atoms with E-state index in [1.54, 1.807) is 7.11 Å². The number of rotatable bonds is 6. The Morgan fingerprint density at radius 1 is 1.00 bits per heavy atom. The maximum Gasteiger partial charge on any atom is 0.251 e. The molecule has 0 radical (unpaired) electrons. The Kier molecular flexibility index (Phi) is 5.34. The lowest BCUT2D eigenvalue weighted by atomic mass is 10.0. The summed E-state index contributed by atoms with van der Waals surface area (Å²) in [6.45, 7) is 2.05. The van der Waals surface area contributed by atoms with E-state index < -0.39 is 0 Å². The first-order chi connectivity index (χ1) is 12.2. The second-order valence-electron chi connectivity index (χ2n) is 6.33. The molecule has 1 atom stereocenters. The molecule has 0 heterocycles. The summed E-state index contributed by atoms with van der Waals surface area (Å²) in [5.74, 6) is 0.789. The molecule has 0 spiro atoms. The molecular weight excluding hydrogens is 310 g/mol. The topological polar surface area (TPSA) is 38.3 Å². The summed E-state index contributed by atoms with van der Waals surface area (Å²) in [5.41, 5.74) is 1.98. The van der Waals surface area contributed by atoms with Crippen molar-refractivity contribution in [3.63, 3.8) is 0 Å². The van der Waals surface area contributed by atoms with Crippen LogP contribution in [-0.2, 0) is 6.42 Å². The highest BCUT2D eigenvalue weighted by atomic mass is 16.5. The molecule has 3 aromatic rings. The number of carbonyl (C=O) groups excluding carboxylic acids is 1. The zero-order chi connectivity index (χ0) is 17.6. The Balaban J connectivity index is 1.63. The minimum absolute atomic E-state index is 0.0294. The number of fused-ring (bicyclic) bond motifs is 1. The van der Waals surface area contributed by atoms with Crippen LogP contribution >= 0.6 is 0 Å². The van der Waals surface area contributed by atoms with E-state index in [1.807, 2.05) is 61.5 Å². The van der Waals surface area contributed by atoms with E-state index in [-0.39, 0.29) is 11.9 Å². The lowest BCUT2D eigenvalue weighted by molar-refractivity contribution is 0.0938. The molecule has 0 saturated heterocycles. The van der Waals surface area contributed by atoms with Crippen LogP contribution in [0.15, 0.2) is 66.7 Å². The van der Waals surface area contributed by atoms with Gasteiger partial charge in [0.05, 0.1) is 7.11 Å². The largest absolute Gasteiger partial charge is 0.497 e. The third kappa shape index (κ3) is 4.38. The zero-order valence-electron chi connectivity index (χ0n) is 14.7. The standard InChI is InChI=1S/C22H23NO2/c1-16(8-9-17-6-4-3-5-7-17)23-22(24)20-11-10-19-15-21(25-2)13-12-18(19)14-20/h3-7,10-16H,8-9H2,1-2H3,(H,23,24). The van der Waals surface area contributed by atoms with Crippen LogP contribution in [0.1, 0.15) is 29.3 Å². The summed E-state index contributed by atoms with van der Waals surface area (Å²) >= 11 is 0. The molecule has 0 aromatic heterocycles. The van der Waals surface area contributed by atoms with Crippen LogP contribution < -0.4 is 10.1 Å². The Labute approximate surface area is 148 Å². The van der Waals surface area contributed by atoms with Gasteiger partial charge in [0.2, 0.25) is 0 Å². The Morgan fingerprint density at radius 2 is 1.72 bits per heavy atom. The van der Waals surface area contributed by atoms with Crippen molar-refractivity contribution in [1.82, 2.24) is 5.32 Å². The molecular formula is C22H23NO2. The van der Waals surface area contributed by atoms with Gasteiger partial charge in [-0.05, 0) is 60.4 Å². The van der Waals surface area contributed by atoms with Gasteiger partial charge in [0, 0.05) is 11.6 Å². The molecule has 3 rings (SSSR count). The number of nitrogens with one attached hydrogen (secondary N) is 1. The normalized spacial score (nSPS) is 11.9. The number of methoxy groups -OCH3 is 1. The van der Waals surface area contributed by atoms with Gasteiger partial charge in [0.15, 0.2) is 0 Å². The number of carbonyl (C=O) groups is 1. The highest BCUT2D eigenvalue weighted by Crippen LogP contribution is 2.22. The summed E-state index contributed by atoms with van der Waals surface area (Å²) in [6.07, 6.45) is 1.88. The molecule has 0 aliphatic rings. The smallest absolute Gasteiger partial charge is 0.251 e. The zero-order valence-corrected chi connectivity index (χ0v) is 14.7. The lowest BCUT2D eigenvalue weighted by Gasteiger charge is -2.14. The van der Waals surface area contributed by atoms with Crippen molar-refractivity contribution in [2.24, 2.45) is 0 Å². The van der Waals surface area contributed by atoms with Crippen LogP contribution in [0.25, 0.3) is 10.8 Å². The Hall–Kier alpha value is -2.81. The third-order valence-corrected chi connectivity index (χ3v) is 4.40. The average Bonchev–Trinajstić information content (AvgIpc) is 2.66. The van der Waals surface area contributed by atoms with Gasteiger partial charge >= 0.3 is 0 Å². The van der Waals surface area contributed by atoms with Crippen molar-refractivity contribution in [3.05, 3.63) is 77.9 Å². The maximum absolute atomic E-state index is 12.5.